The lowest BCUT2D eigenvalue weighted by atomic mass is 10.1. The van der Waals surface area contributed by atoms with E-state index in [1.54, 1.807) is 7.11 Å². The summed E-state index contributed by atoms with van der Waals surface area (Å²) in [5, 5.41) is 7.20. The highest BCUT2D eigenvalue weighted by molar-refractivity contribution is 5.71. The molecule has 146 valence electrons. The van der Waals surface area contributed by atoms with Gasteiger partial charge < -0.3 is 20.5 Å². The summed E-state index contributed by atoms with van der Waals surface area (Å²) in [6.07, 6.45) is 0.0225. The molecule has 1 aromatic heterocycles. The van der Waals surface area contributed by atoms with Crippen molar-refractivity contribution in [1.82, 2.24) is 15.1 Å². The number of rotatable bonds is 7. The number of nitrogens with zero attached hydrogens (tertiary/aromatic N) is 2. The van der Waals surface area contributed by atoms with Gasteiger partial charge in [-0.1, -0.05) is 24.3 Å². The van der Waals surface area contributed by atoms with E-state index in [0.717, 1.165) is 28.3 Å². The normalized spacial score (nSPS) is 10.7. The summed E-state index contributed by atoms with van der Waals surface area (Å²) in [7, 11) is 1.64. The molecule has 3 N–H and O–H groups in total. The third kappa shape index (κ3) is 4.62. The zero-order valence-corrected chi connectivity index (χ0v) is 16.2. The van der Waals surface area contributed by atoms with Crippen molar-refractivity contribution in [2.75, 3.05) is 7.11 Å². The number of hydrogen-bond acceptors (Lipinski definition) is 4. The summed E-state index contributed by atoms with van der Waals surface area (Å²) in [5.74, 6) is 1.34. The summed E-state index contributed by atoms with van der Waals surface area (Å²) in [6.45, 7) is 4.31. The molecule has 0 spiro atoms. The second-order valence-corrected chi connectivity index (χ2v) is 6.56. The summed E-state index contributed by atoms with van der Waals surface area (Å²) < 4.78 is 12.9. The van der Waals surface area contributed by atoms with Crippen LogP contribution in [-0.4, -0.2) is 29.0 Å². The van der Waals surface area contributed by atoms with Crippen LogP contribution in [0.15, 0.2) is 54.6 Å². The van der Waals surface area contributed by atoms with Gasteiger partial charge in [0.05, 0.1) is 24.6 Å². The van der Waals surface area contributed by atoms with Crippen LogP contribution in [0.25, 0.3) is 16.9 Å². The number of primary amides is 1. The second kappa shape index (κ2) is 8.47. The maximum absolute atomic E-state index is 10.9. The van der Waals surface area contributed by atoms with Crippen LogP contribution in [0.3, 0.4) is 0 Å². The van der Waals surface area contributed by atoms with Gasteiger partial charge in [0.25, 0.3) is 0 Å². The fourth-order valence-corrected chi connectivity index (χ4v) is 2.77. The van der Waals surface area contributed by atoms with Crippen molar-refractivity contribution in [3.05, 3.63) is 60.2 Å². The standard InChI is InChI=1S/C21H24N4O3/c1-14(2)28-20-12-19(16-6-4-15(5-7-16)13-23-21(22)26)25(24-20)17-8-10-18(27-3)11-9-17/h4-12,14H,13H2,1-3H3,(H3,22,23,26). The van der Waals surface area contributed by atoms with Gasteiger partial charge in [0.2, 0.25) is 5.88 Å². The zero-order chi connectivity index (χ0) is 20.1. The lowest BCUT2D eigenvalue weighted by Crippen LogP contribution is -2.28. The van der Waals surface area contributed by atoms with E-state index in [1.165, 1.54) is 0 Å². The molecule has 0 radical (unpaired) electrons. The molecule has 0 saturated heterocycles. The number of aromatic nitrogens is 2. The number of urea groups is 1. The van der Waals surface area contributed by atoms with Crippen LogP contribution in [0.1, 0.15) is 19.4 Å². The number of benzene rings is 2. The quantitative estimate of drug-likeness (QED) is 0.656. The molecule has 0 aliphatic rings. The van der Waals surface area contributed by atoms with Gasteiger partial charge in [-0.05, 0) is 43.7 Å². The summed E-state index contributed by atoms with van der Waals surface area (Å²) >= 11 is 0. The van der Waals surface area contributed by atoms with E-state index < -0.39 is 6.03 Å². The number of amides is 2. The van der Waals surface area contributed by atoms with Crippen molar-refractivity contribution in [2.24, 2.45) is 5.73 Å². The highest BCUT2D eigenvalue weighted by atomic mass is 16.5. The molecule has 0 bridgehead atoms. The lowest BCUT2D eigenvalue weighted by molar-refractivity contribution is 0.231. The van der Waals surface area contributed by atoms with Gasteiger partial charge in [-0.2, -0.15) is 0 Å². The van der Waals surface area contributed by atoms with Gasteiger partial charge in [-0.15, -0.1) is 5.10 Å². The molecule has 7 nitrogen and oxygen atoms in total. The Hall–Kier alpha value is -3.48. The molecule has 1 heterocycles. The Labute approximate surface area is 164 Å². The highest BCUT2D eigenvalue weighted by Crippen LogP contribution is 2.28. The number of nitrogens with one attached hydrogen (secondary N) is 1. The minimum atomic E-state index is -0.544. The van der Waals surface area contributed by atoms with Gasteiger partial charge in [0.15, 0.2) is 0 Å². The monoisotopic (exact) mass is 380 g/mol. The predicted molar refractivity (Wildman–Crippen MR) is 108 cm³/mol. The Morgan fingerprint density at radius 1 is 1.14 bits per heavy atom. The first-order chi connectivity index (χ1) is 13.5. The first-order valence-electron chi connectivity index (χ1n) is 9.00. The second-order valence-electron chi connectivity index (χ2n) is 6.56. The minimum Gasteiger partial charge on any atom is -0.497 e. The van der Waals surface area contributed by atoms with Crippen molar-refractivity contribution >= 4 is 6.03 Å². The molecule has 3 rings (SSSR count). The van der Waals surface area contributed by atoms with Crippen molar-refractivity contribution in [2.45, 2.75) is 26.5 Å². The van der Waals surface area contributed by atoms with Gasteiger partial charge >= 0.3 is 6.03 Å². The van der Waals surface area contributed by atoms with E-state index >= 15 is 0 Å². The Morgan fingerprint density at radius 3 is 2.39 bits per heavy atom. The predicted octanol–water partition coefficient (Wildman–Crippen LogP) is 3.50. The molecular formula is C21H24N4O3. The van der Waals surface area contributed by atoms with Gasteiger partial charge in [-0.3, -0.25) is 0 Å². The smallest absolute Gasteiger partial charge is 0.312 e. The molecule has 0 fully saturated rings. The summed E-state index contributed by atoms with van der Waals surface area (Å²) in [6, 6.07) is 16.9. The summed E-state index contributed by atoms with van der Waals surface area (Å²) in [4.78, 5) is 10.9. The van der Waals surface area contributed by atoms with E-state index in [0.29, 0.717) is 12.4 Å². The molecule has 2 amide bonds. The van der Waals surface area contributed by atoms with Crippen LogP contribution in [0.2, 0.25) is 0 Å². The summed E-state index contributed by atoms with van der Waals surface area (Å²) in [5.41, 5.74) is 8.85. The van der Waals surface area contributed by atoms with Gasteiger partial charge in [0.1, 0.15) is 5.75 Å². The number of ether oxygens (including phenoxy) is 2. The van der Waals surface area contributed by atoms with Crippen LogP contribution in [0.4, 0.5) is 4.79 Å². The zero-order valence-electron chi connectivity index (χ0n) is 16.2. The average Bonchev–Trinajstić information content (AvgIpc) is 3.09. The molecule has 0 atom stereocenters. The largest absolute Gasteiger partial charge is 0.497 e. The Balaban J connectivity index is 1.95. The first kappa shape index (κ1) is 19.3. The van der Waals surface area contributed by atoms with Crippen molar-refractivity contribution in [3.8, 4) is 28.6 Å². The molecule has 0 aliphatic heterocycles. The van der Waals surface area contributed by atoms with E-state index in [-0.39, 0.29) is 6.10 Å². The fraction of sp³-hybridized carbons (Fsp3) is 0.238. The number of methoxy groups -OCH3 is 1. The molecule has 0 saturated carbocycles. The van der Waals surface area contributed by atoms with E-state index in [2.05, 4.69) is 10.4 Å². The Bertz CT molecular complexity index is 931. The number of carbonyl (C=O) groups excluding carboxylic acids is 1. The SMILES string of the molecule is COc1ccc(-n2nc(OC(C)C)cc2-c2ccc(CNC(N)=O)cc2)cc1. The Kier molecular flexibility index (Phi) is 5.84. The molecule has 7 heteroatoms. The van der Waals surface area contributed by atoms with Crippen molar-refractivity contribution in [1.29, 1.82) is 0 Å². The molecular weight excluding hydrogens is 356 g/mol. The third-order valence-electron chi connectivity index (χ3n) is 4.08. The average molecular weight is 380 g/mol. The van der Waals surface area contributed by atoms with Crippen LogP contribution < -0.4 is 20.5 Å². The Morgan fingerprint density at radius 2 is 1.82 bits per heavy atom. The molecule has 3 aromatic rings. The van der Waals surface area contributed by atoms with Gasteiger partial charge in [0, 0.05) is 18.2 Å². The maximum atomic E-state index is 10.9. The van der Waals surface area contributed by atoms with Crippen molar-refractivity contribution < 1.29 is 14.3 Å². The van der Waals surface area contributed by atoms with E-state index in [1.807, 2.05) is 73.1 Å². The molecule has 2 aromatic carbocycles. The van der Waals surface area contributed by atoms with E-state index in [9.17, 15) is 4.79 Å². The topological polar surface area (TPSA) is 91.4 Å². The first-order valence-corrected chi connectivity index (χ1v) is 9.00. The molecule has 0 unspecified atom stereocenters. The number of carbonyl (C=O) groups is 1. The van der Waals surface area contributed by atoms with Crippen LogP contribution in [0, 0.1) is 0 Å². The fourth-order valence-electron chi connectivity index (χ4n) is 2.77. The molecule has 28 heavy (non-hydrogen) atoms. The lowest BCUT2D eigenvalue weighted by Gasteiger charge is -2.09. The number of nitrogens with two attached hydrogens (primary N) is 1. The van der Waals surface area contributed by atoms with Crippen LogP contribution >= 0.6 is 0 Å². The van der Waals surface area contributed by atoms with Crippen LogP contribution in [-0.2, 0) is 6.54 Å². The molecule has 0 aliphatic carbocycles. The van der Waals surface area contributed by atoms with E-state index in [4.69, 9.17) is 15.2 Å². The van der Waals surface area contributed by atoms with Gasteiger partial charge in [-0.25, -0.2) is 9.48 Å². The third-order valence-corrected chi connectivity index (χ3v) is 4.08. The minimum absolute atomic E-state index is 0.0225. The maximum Gasteiger partial charge on any atom is 0.312 e. The number of hydrogen-bond donors (Lipinski definition) is 2. The van der Waals surface area contributed by atoms with Crippen molar-refractivity contribution in [3.63, 3.8) is 0 Å². The van der Waals surface area contributed by atoms with Crippen LogP contribution in [0.5, 0.6) is 11.6 Å². The highest BCUT2D eigenvalue weighted by Gasteiger charge is 2.14.